The van der Waals surface area contributed by atoms with Gasteiger partial charge >= 0.3 is 0 Å². The maximum absolute atomic E-state index is 13.0. The van der Waals surface area contributed by atoms with Gasteiger partial charge in [-0.2, -0.15) is 0 Å². The molecule has 0 amide bonds. The molecule has 1 nitrogen and oxygen atoms in total. The molecule has 0 spiro atoms. The highest BCUT2D eigenvalue weighted by Crippen LogP contribution is 2.32. The fourth-order valence-corrected chi connectivity index (χ4v) is 1.66. The van der Waals surface area contributed by atoms with Crippen LogP contribution in [0.5, 0.6) is 0 Å². The molecule has 0 unspecified atom stereocenters. The monoisotopic (exact) mass is 221 g/mol. The number of benzene rings is 2. The first-order chi connectivity index (χ1) is 7.18. The summed E-state index contributed by atoms with van der Waals surface area (Å²) in [5.41, 5.74) is 7.64. The van der Waals surface area contributed by atoms with E-state index in [-0.39, 0.29) is 5.82 Å². The second-order valence-corrected chi connectivity index (χ2v) is 3.60. The third-order valence-corrected chi connectivity index (χ3v) is 2.59. The van der Waals surface area contributed by atoms with Crippen LogP contribution in [-0.2, 0) is 0 Å². The zero-order valence-corrected chi connectivity index (χ0v) is 8.63. The summed E-state index contributed by atoms with van der Waals surface area (Å²) < 4.78 is 13.0. The number of hydrogen-bond acceptors (Lipinski definition) is 1. The van der Waals surface area contributed by atoms with Crippen molar-refractivity contribution >= 4 is 17.3 Å². The molecule has 0 saturated heterocycles. The van der Waals surface area contributed by atoms with Gasteiger partial charge in [-0.15, -0.1) is 0 Å². The van der Waals surface area contributed by atoms with Crippen molar-refractivity contribution in [1.82, 2.24) is 0 Å². The van der Waals surface area contributed by atoms with Crippen molar-refractivity contribution in [2.75, 3.05) is 5.73 Å². The van der Waals surface area contributed by atoms with Crippen LogP contribution in [0.25, 0.3) is 11.1 Å². The third kappa shape index (κ3) is 1.95. The molecule has 76 valence electrons. The molecule has 0 aliphatic carbocycles. The summed E-state index contributed by atoms with van der Waals surface area (Å²) in [6.07, 6.45) is 0. The average Bonchev–Trinajstić information content (AvgIpc) is 2.22. The minimum absolute atomic E-state index is 0.286. The zero-order valence-electron chi connectivity index (χ0n) is 7.87. The van der Waals surface area contributed by atoms with E-state index in [2.05, 4.69) is 0 Å². The van der Waals surface area contributed by atoms with Crippen molar-refractivity contribution in [2.24, 2.45) is 0 Å². The summed E-state index contributed by atoms with van der Waals surface area (Å²) in [6.45, 7) is 0. The third-order valence-electron chi connectivity index (χ3n) is 2.16. The molecule has 3 heteroatoms. The first-order valence-electron chi connectivity index (χ1n) is 4.48. The van der Waals surface area contributed by atoms with E-state index in [1.54, 1.807) is 24.3 Å². The van der Waals surface area contributed by atoms with Crippen LogP contribution in [0.1, 0.15) is 0 Å². The van der Waals surface area contributed by atoms with E-state index in [0.717, 1.165) is 11.1 Å². The van der Waals surface area contributed by atoms with Crippen molar-refractivity contribution in [3.63, 3.8) is 0 Å². The predicted molar refractivity (Wildman–Crippen MR) is 61.3 cm³/mol. The van der Waals surface area contributed by atoms with Crippen LogP contribution in [0.15, 0.2) is 42.5 Å². The van der Waals surface area contributed by atoms with Gasteiger partial charge in [0, 0.05) is 5.56 Å². The highest BCUT2D eigenvalue weighted by molar-refractivity contribution is 6.35. The Morgan fingerprint density at radius 2 is 1.80 bits per heavy atom. The maximum atomic E-state index is 13.0. The smallest absolute Gasteiger partial charge is 0.123 e. The van der Waals surface area contributed by atoms with E-state index in [1.807, 2.05) is 6.07 Å². The van der Waals surface area contributed by atoms with Crippen LogP contribution in [0.4, 0.5) is 10.1 Å². The van der Waals surface area contributed by atoms with Gasteiger partial charge < -0.3 is 5.73 Å². The fourth-order valence-electron chi connectivity index (χ4n) is 1.43. The fraction of sp³-hybridized carbons (Fsp3) is 0. The lowest BCUT2D eigenvalue weighted by atomic mass is 10.1. The molecule has 0 aliphatic rings. The lowest BCUT2D eigenvalue weighted by Gasteiger charge is -2.06. The standard InChI is InChI=1S/C12H9ClFN/c13-12-10(5-2-6-11(12)15)8-3-1-4-9(14)7-8/h1-7H,15H2. The van der Waals surface area contributed by atoms with E-state index in [9.17, 15) is 4.39 Å². The molecule has 0 fully saturated rings. The Hall–Kier alpha value is -1.54. The summed E-state index contributed by atoms with van der Waals surface area (Å²) in [7, 11) is 0. The van der Waals surface area contributed by atoms with Crippen LogP contribution in [0.2, 0.25) is 5.02 Å². The minimum Gasteiger partial charge on any atom is -0.398 e. The molecule has 0 atom stereocenters. The molecule has 0 aromatic heterocycles. The largest absolute Gasteiger partial charge is 0.398 e. The number of hydrogen-bond donors (Lipinski definition) is 1. The predicted octanol–water partition coefficient (Wildman–Crippen LogP) is 3.73. The van der Waals surface area contributed by atoms with Gasteiger partial charge in [0.25, 0.3) is 0 Å². The zero-order chi connectivity index (χ0) is 10.8. The summed E-state index contributed by atoms with van der Waals surface area (Å²) >= 11 is 6.03. The van der Waals surface area contributed by atoms with Crippen molar-refractivity contribution in [3.8, 4) is 11.1 Å². The van der Waals surface area contributed by atoms with Crippen molar-refractivity contribution in [3.05, 3.63) is 53.3 Å². The topological polar surface area (TPSA) is 26.0 Å². The van der Waals surface area contributed by atoms with Gasteiger partial charge in [0.15, 0.2) is 0 Å². The van der Waals surface area contributed by atoms with Gasteiger partial charge in [0.2, 0.25) is 0 Å². The molecular formula is C12H9ClFN. The molecule has 2 aromatic rings. The molecule has 0 bridgehead atoms. The summed E-state index contributed by atoms with van der Waals surface area (Å²) in [5.74, 6) is -0.286. The lowest BCUT2D eigenvalue weighted by molar-refractivity contribution is 0.628. The van der Waals surface area contributed by atoms with E-state index < -0.39 is 0 Å². The first kappa shape index (κ1) is 9.99. The Bertz CT molecular complexity index is 497. The second-order valence-electron chi connectivity index (χ2n) is 3.22. The molecule has 2 aromatic carbocycles. The Morgan fingerprint density at radius 1 is 1.07 bits per heavy atom. The van der Waals surface area contributed by atoms with Crippen molar-refractivity contribution in [1.29, 1.82) is 0 Å². The second kappa shape index (κ2) is 3.91. The van der Waals surface area contributed by atoms with Crippen molar-refractivity contribution < 1.29 is 4.39 Å². The van der Waals surface area contributed by atoms with Gasteiger partial charge in [-0.1, -0.05) is 35.9 Å². The Labute approximate surface area is 92.3 Å². The molecule has 0 aliphatic heterocycles. The molecule has 2 N–H and O–H groups in total. The normalized spacial score (nSPS) is 10.3. The Balaban J connectivity index is 2.59. The highest BCUT2D eigenvalue weighted by Gasteiger charge is 2.06. The quantitative estimate of drug-likeness (QED) is 0.730. The maximum Gasteiger partial charge on any atom is 0.123 e. The van der Waals surface area contributed by atoms with Gasteiger partial charge in [-0.25, -0.2) is 4.39 Å². The minimum atomic E-state index is -0.286. The molecule has 15 heavy (non-hydrogen) atoms. The first-order valence-corrected chi connectivity index (χ1v) is 4.86. The van der Waals surface area contributed by atoms with Gasteiger partial charge in [-0.3, -0.25) is 0 Å². The van der Waals surface area contributed by atoms with Crippen LogP contribution in [0, 0.1) is 5.82 Å². The van der Waals surface area contributed by atoms with Gasteiger partial charge in [-0.05, 0) is 23.8 Å². The molecule has 0 saturated carbocycles. The number of anilines is 1. The van der Waals surface area contributed by atoms with Crippen LogP contribution in [-0.4, -0.2) is 0 Å². The van der Waals surface area contributed by atoms with E-state index in [4.69, 9.17) is 17.3 Å². The average molecular weight is 222 g/mol. The van der Waals surface area contributed by atoms with Gasteiger partial charge in [0.05, 0.1) is 10.7 Å². The SMILES string of the molecule is Nc1cccc(-c2cccc(F)c2)c1Cl. The summed E-state index contributed by atoms with van der Waals surface area (Å²) in [5, 5.41) is 0.461. The van der Waals surface area contributed by atoms with Crippen LogP contribution < -0.4 is 5.73 Å². The summed E-state index contributed by atoms with van der Waals surface area (Å²) in [6, 6.07) is 11.6. The van der Waals surface area contributed by atoms with Crippen LogP contribution in [0.3, 0.4) is 0 Å². The Kier molecular flexibility index (Phi) is 2.60. The van der Waals surface area contributed by atoms with Gasteiger partial charge in [0.1, 0.15) is 5.82 Å². The van der Waals surface area contributed by atoms with E-state index in [1.165, 1.54) is 12.1 Å². The molecule has 0 heterocycles. The van der Waals surface area contributed by atoms with Crippen LogP contribution >= 0.6 is 11.6 Å². The van der Waals surface area contributed by atoms with E-state index in [0.29, 0.717) is 10.7 Å². The number of nitrogen functional groups attached to an aromatic ring is 1. The lowest BCUT2D eigenvalue weighted by Crippen LogP contribution is -1.88. The Morgan fingerprint density at radius 3 is 2.53 bits per heavy atom. The number of halogens is 2. The van der Waals surface area contributed by atoms with Crippen molar-refractivity contribution in [2.45, 2.75) is 0 Å². The number of rotatable bonds is 1. The highest BCUT2D eigenvalue weighted by atomic mass is 35.5. The van der Waals surface area contributed by atoms with E-state index >= 15 is 0 Å². The molecular weight excluding hydrogens is 213 g/mol. The number of nitrogens with two attached hydrogens (primary N) is 1. The summed E-state index contributed by atoms with van der Waals surface area (Å²) in [4.78, 5) is 0. The molecule has 0 radical (unpaired) electrons. The molecule has 2 rings (SSSR count).